The number of hydrogen-bond acceptors (Lipinski definition) is 4. The van der Waals surface area contributed by atoms with Crippen LogP contribution in [0.4, 0.5) is 5.69 Å². The van der Waals surface area contributed by atoms with E-state index in [9.17, 15) is 4.79 Å². The van der Waals surface area contributed by atoms with Crippen LogP contribution in [0.3, 0.4) is 0 Å². The van der Waals surface area contributed by atoms with Gasteiger partial charge in [-0.2, -0.15) is 0 Å². The SMILES string of the molecule is COc1ccc(NC(C)CC(=O)O)c(OC)c1. The molecule has 5 heteroatoms. The average Bonchev–Trinajstić information content (AvgIpc) is 2.28. The molecule has 0 saturated carbocycles. The van der Waals surface area contributed by atoms with Gasteiger partial charge in [-0.25, -0.2) is 0 Å². The zero-order valence-electron chi connectivity index (χ0n) is 10.2. The standard InChI is InChI=1S/C12H17NO4/c1-8(6-12(14)15)13-10-5-4-9(16-2)7-11(10)17-3/h4-5,7-8,13H,6H2,1-3H3,(H,14,15). The summed E-state index contributed by atoms with van der Waals surface area (Å²) in [5.74, 6) is 0.484. The Labute approximate surface area is 100 Å². The van der Waals surface area contributed by atoms with Gasteiger partial charge in [0.15, 0.2) is 0 Å². The molecule has 0 aromatic heterocycles. The predicted molar refractivity (Wildman–Crippen MR) is 64.9 cm³/mol. The Hall–Kier alpha value is -1.91. The van der Waals surface area contributed by atoms with E-state index in [0.29, 0.717) is 11.5 Å². The maximum Gasteiger partial charge on any atom is 0.305 e. The highest BCUT2D eigenvalue weighted by molar-refractivity contribution is 5.69. The number of benzene rings is 1. The first-order valence-corrected chi connectivity index (χ1v) is 5.27. The lowest BCUT2D eigenvalue weighted by Gasteiger charge is -2.16. The third-order valence-electron chi connectivity index (χ3n) is 2.29. The van der Waals surface area contributed by atoms with Crippen molar-refractivity contribution in [2.45, 2.75) is 19.4 Å². The first-order valence-electron chi connectivity index (χ1n) is 5.27. The van der Waals surface area contributed by atoms with Crippen LogP contribution in [0.1, 0.15) is 13.3 Å². The van der Waals surface area contributed by atoms with E-state index in [-0.39, 0.29) is 12.5 Å². The number of ether oxygens (including phenoxy) is 2. The van der Waals surface area contributed by atoms with E-state index in [1.54, 1.807) is 39.3 Å². The highest BCUT2D eigenvalue weighted by Crippen LogP contribution is 2.29. The third kappa shape index (κ3) is 3.86. The summed E-state index contributed by atoms with van der Waals surface area (Å²) in [6, 6.07) is 5.17. The van der Waals surface area contributed by atoms with Crippen molar-refractivity contribution < 1.29 is 19.4 Å². The highest BCUT2D eigenvalue weighted by Gasteiger charge is 2.10. The highest BCUT2D eigenvalue weighted by atomic mass is 16.5. The molecule has 0 amide bonds. The van der Waals surface area contributed by atoms with Gasteiger partial charge in [0.1, 0.15) is 11.5 Å². The number of nitrogens with one attached hydrogen (secondary N) is 1. The topological polar surface area (TPSA) is 67.8 Å². The van der Waals surface area contributed by atoms with E-state index in [1.165, 1.54) is 0 Å². The smallest absolute Gasteiger partial charge is 0.305 e. The van der Waals surface area contributed by atoms with Crippen LogP contribution in [0.5, 0.6) is 11.5 Å². The summed E-state index contributed by atoms with van der Waals surface area (Å²) in [5, 5.41) is 11.8. The molecule has 0 bridgehead atoms. The quantitative estimate of drug-likeness (QED) is 0.794. The summed E-state index contributed by atoms with van der Waals surface area (Å²) in [5.41, 5.74) is 0.752. The number of anilines is 1. The molecule has 0 fully saturated rings. The first kappa shape index (κ1) is 13.2. The van der Waals surface area contributed by atoms with E-state index in [2.05, 4.69) is 5.32 Å². The minimum absolute atomic E-state index is 0.0508. The van der Waals surface area contributed by atoms with Gasteiger partial charge in [0.05, 0.1) is 26.3 Å². The Morgan fingerprint density at radius 2 is 2.12 bits per heavy atom. The maximum atomic E-state index is 10.6. The molecule has 0 aliphatic heterocycles. The van der Waals surface area contributed by atoms with Crippen LogP contribution in [0.15, 0.2) is 18.2 Å². The molecular weight excluding hydrogens is 222 g/mol. The lowest BCUT2D eigenvalue weighted by atomic mass is 10.2. The number of carboxylic acids is 1. The molecular formula is C12H17NO4. The van der Waals surface area contributed by atoms with Crippen molar-refractivity contribution in [2.24, 2.45) is 0 Å². The number of aliphatic carboxylic acids is 1. The van der Waals surface area contributed by atoms with Crippen molar-refractivity contribution in [1.82, 2.24) is 0 Å². The van der Waals surface area contributed by atoms with Crippen molar-refractivity contribution in [3.63, 3.8) is 0 Å². The van der Waals surface area contributed by atoms with Gasteiger partial charge in [-0.15, -0.1) is 0 Å². The lowest BCUT2D eigenvalue weighted by Crippen LogP contribution is -2.19. The number of carbonyl (C=O) groups is 1. The summed E-state index contributed by atoms with van der Waals surface area (Å²) < 4.78 is 10.3. The largest absolute Gasteiger partial charge is 0.497 e. The zero-order chi connectivity index (χ0) is 12.8. The second-order valence-corrected chi connectivity index (χ2v) is 3.71. The Morgan fingerprint density at radius 1 is 1.41 bits per heavy atom. The van der Waals surface area contributed by atoms with Gasteiger partial charge in [-0.05, 0) is 19.1 Å². The molecule has 0 spiro atoms. The Balaban J connectivity index is 2.79. The van der Waals surface area contributed by atoms with Crippen molar-refractivity contribution in [1.29, 1.82) is 0 Å². The van der Waals surface area contributed by atoms with Gasteiger partial charge >= 0.3 is 5.97 Å². The molecule has 5 nitrogen and oxygen atoms in total. The molecule has 0 heterocycles. The van der Waals surface area contributed by atoms with E-state index in [4.69, 9.17) is 14.6 Å². The van der Waals surface area contributed by atoms with Crippen LogP contribution in [-0.4, -0.2) is 31.3 Å². The van der Waals surface area contributed by atoms with Crippen molar-refractivity contribution in [3.8, 4) is 11.5 Å². The zero-order valence-corrected chi connectivity index (χ0v) is 10.2. The van der Waals surface area contributed by atoms with Crippen molar-refractivity contribution in [2.75, 3.05) is 19.5 Å². The molecule has 0 aliphatic carbocycles. The Kier molecular flexibility index (Phi) is 4.63. The van der Waals surface area contributed by atoms with Crippen LogP contribution in [-0.2, 0) is 4.79 Å². The summed E-state index contributed by atoms with van der Waals surface area (Å²) >= 11 is 0. The van der Waals surface area contributed by atoms with Crippen LogP contribution < -0.4 is 14.8 Å². The Morgan fingerprint density at radius 3 is 2.65 bits per heavy atom. The third-order valence-corrected chi connectivity index (χ3v) is 2.29. The number of rotatable bonds is 6. The van der Waals surface area contributed by atoms with E-state index in [1.807, 2.05) is 0 Å². The molecule has 1 aromatic rings. The van der Waals surface area contributed by atoms with E-state index in [0.717, 1.165) is 5.69 Å². The molecule has 0 saturated heterocycles. The van der Waals surface area contributed by atoms with Gasteiger partial charge < -0.3 is 19.9 Å². The fourth-order valence-corrected chi connectivity index (χ4v) is 1.50. The molecule has 1 unspecified atom stereocenters. The molecule has 1 aromatic carbocycles. The minimum atomic E-state index is -0.836. The summed E-state index contributed by atoms with van der Waals surface area (Å²) in [6.07, 6.45) is 0.0508. The van der Waals surface area contributed by atoms with Crippen LogP contribution in [0, 0.1) is 0 Å². The van der Waals surface area contributed by atoms with Crippen molar-refractivity contribution in [3.05, 3.63) is 18.2 Å². The average molecular weight is 239 g/mol. The molecule has 1 atom stereocenters. The number of methoxy groups -OCH3 is 2. The van der Waals surface area contributed by atoms with Crippen LogP contribution in [0.25, 0.3) is 0 Å². The number of carboxylic acid groups (broad SMARTS) is 1. The molecule has 94 valence electrons. The lowest BCUT2D eigenvalue weighted by molar-refractivity contribution is -0.137. The molecule has 1 rings (SSSR count). The van der Waals surface area contributed by atoms with Gasteiger partial charge in [-0.1, -0.05) is 0 Å². The summed E-state index contributed by atoms with van der Waals surface area (Å²) in [6.45, 7) is 1.80. The summed E-state index contributed by atoms with van der Waals surface area (Å²) in [4.78, 5) is 10.6. The minimum Gasteiger partial charge on any atom is -0.497 e. The van der Waals surface area contributed by atoms with Crippen LogP contribution in [0.2, 0.25) is 0 Å². The second kappa shape index (κ2) is 5.98. The molecule has 17 heavy (non-hydrogen) atoms. The van der Waals surface area contributed by atoms with Gasteiger partial charge in [0.2, 0.25) is 0 Å². The molecule has 2 N–H and O–H groups in total. The van der Waals surface area contributed by atoms with Gasteiger partial charge in [-0.3, -0.25) is 4.79 Å². The first-order chi connectivity index (χ1) is 8.06. The maximum absolute atomic E-state index is 10.6. The normalized spacial score (nSPS) is 11.7. The van der Waals surface area contributed by atoms with E-state index < -0.39 is 5.97 Å². The van der Waals surface area contributed by atoms with E-state index >= 15 is 0 Å². The van der Waals surface area contributed by atoms with Crippen LogP contribution >= 0.6 is 0 Å². The summed E-state index contributed by atoms with van der Waals surface area (Å²) in [7, 11) is 3.14. The fraction of sp³-hybridized carbons (Fsp3) is 0.417. The number of hydrogen-bond donors (Lipinski definition) is 2. The van der Waals surface area contributed by atoms with Crippen molar-refractivity contribution >= 4 is 11.7 Å². The molecule has 0 radical (unpaired) electrons. The van der Waals surface area contributed by atoms with Gasteiger partial charge in [0.25, 0.3) is 0 Å². The fourth-order valence-electron chi connectivity index (χ4n) is 1.50. The van der Waals surface area contributed by atoms with Gasteiger partial charge in [0, 0.05) is 12.1 Å². The molecule has 0 aliphatic rings. The monoisotopic (exact) mass is 239 g/mol. The second-order valence-electron chi connectivity index (χ2n) is 3.71. The Bertz CT molecular complexity index is 392. The predicted octanol–water partition coefficient (Wildman–Crippen LogP) is 1.98.